The first kappa shape index (κ1) is 17.7. The number of amides is 1. The summed E-state index contributed by atoms with van der Waals surface area (Å²) in [6.45, 7) is 0.547. The van der Waals surface area contributed by atoms with Gasteiger partial charge in [0, 0.05) is 17.0 Å². The van der Waals surface area contributed by atoms with Gasteiger partial charge in [0.1, 0.15) is 5.75 Å². The highest BCUT2D eigenvalue weighted by atomic mass is 32.2. The third kappa shape index (κ3) is 3.92. The molecule has 3 nitrogen and oxygen atoms in total. The highest BCUT2D eigenvalue weighted by molar-refractivity contribution is 8.00. The average Bonchev–Trinajstić information content (AvgIpc) is 2.59. The van der Waals surface area contributed by atoms with Gasteiger partial charge in [0.2, 0.25) is 0 Å². The molecular formula is C18H16F3NO2S. The predicted molar refractivity (Wildman–Crippen MR) is 91.3 cm³/mol. The van der Waals surface area contributed by atoms with E-state index in [1.165, 1.54) is 24.3 Å². The molecule has 7 heteroatoms. The smallest absolute Gasteiger partial charge is 0.446 e. The molecule has 0 aromatic heterocycles. The molecule has 2 aromatic carbocycles. The number of alkyl halides is 3. The molecule has 0 radical (unpaired) electrons. The van der Waals surface area contributed by atoms with E-state index in [2.05, 4.69) is 0 Å². The fraction of sp³-hybridized carbons (Fsp3) is 0.278. The van der Waals surface area contributed by atoms with Crippen LogP contribution in [0.4, 0.5) is 18.9 Å². The fourth-order valence-electron chi connectivity index (χ4n) is 2.94. The normalized spacial score (nSPS) is 14.2. The molecule has 0 N–H and O–H groups in total. The predicted octanol–water partition coefficient (Wildman–Crippen LogP) is 4.90. The molecule has 1 heterocycles. The van der Waals surface area contributed by atoms with E-state index < -0.39 is 5.51 Å². The van der Waals surface area contributed by atoms with Crippen molar-refractivity contribution in [2.45, 2.75) is 23.2 Å². The number of benzene rings is 2. The second-order valence-electron chi connectivity index (χ2n) is 5.60. The van der Waals surface area contributed by atoms with E-state index in [9.17, 15) is 18.0 Å². The Morgan fingerprint density at radius 3 is 2.52 bits per heavy atom. The molecule has 0 unspecified atom stereocenters. The molecule has 1 aliphatic heterocycles. The Hall–Kier alpha value is -2.15. The number of carbonyl (C=O) groups excluding carboxylic acids is 1. The maximum atomic E-state index is 12.9. The molecule has 0 bridgehead atoms. The number of nitrogens with zero attached hydrogens (tertiary/aromatic N) is 1. The van der Waals surface area contributed by atoms with E-state index in [-0.39, 0.29) is 22.6 Å². The second-order valence-corrected chi connectivity index (χ2v) is 6.74. The summed E-state index contributed by atoms with van der Waals surface area (Å²) in [5.41, 5.74) is -2.21. The molecule has 0 saturated heterocycles. The summed E-state index contributed by atoms with van der Waals surface area (Å²) in [6, 6.07) is 11.1. The molecule has 25 heavy (non-hydrogen) atoms. The van der Waals surface area contributed by atoms with Crippen molar-refractivity contribution in [2.24, 2.45) is 0 Å². The van der Waals surface area contributed by atoms with Crippen molar-refractivity contribution >= 4 is 23.4 Å². The van der Waals surface area contributed by atoms with Crippen molar-refractivity contribution in [1.29, 1.82) is 0 Å². The van der Waals surface area contributed by atoms with Gasteiger partial charge in [0.15, 0.2) is 0 Å². The Morgan fingerprint density at radius 2 is 1.88 bits per heavy atom. The van der Waals surface area contributed by atoms with Crippen molar-refractivity contribution in [3.8, 4) is 5.75 Å². The molecule has 2 aromatic rings. The molecule has 1 aliphatic rings. The number of fused-ring (bicyclic) bond motifs is 1. The number of rotatable bonds is 3. The third-order valence-electron chi connectivity index (χ3n) is 3.98. The molecular weight excluding hydrogens is 351 g/mol. The van der Waals surface area contributed by atoms with Crippen LogP contribution in [-0.4, -0.2) is 25.1 Å². The summed E-state index contributed by atoms with van der Waals surface area (Å²) < 4.78 is 42.6. The first-order chi connectivity index (χ1) is 11.9. The Kier molecular flexibility index (Phi) is 4.94. The maximum Gasteiger partial charge on any atom is 0.446 e. The highest BCUT2D eigenvalue weighted by Crippen LogP contribution is 2.38. The SMILES string of the molecule is COc1cccc2c1N(C(=O)c1ccc(SC(F)(F)F)cc1)CCC2. The third-order valence-corrected chi connectivity index (χ3v) is 4.72. The summed E-state index contributed by atoms with van der Waals surface area (Å²) in [7, 11) is 1.55. The lowest BCUT2D eigenvalue weighted by Crippen LogP contribution is -2.35. The molecule has 0 aliphatic carbocycles. The van der Waals surface area contributed by atoms with Crippen LogP contribution in [0.3, 0.4) is 0 Å². The van der Waals surface area contributed by atoms with Crippen LogP contribution in [0.1, 0.15) is 22.3 Å². The van der Waals surface area contributed by atoms with Gasteiger partial charge in [-0.2, -0.15) is 13.2 Å². The van der Waals surface area contributed by atoms with Crippen LogP contribution >= 0.6 is 11.8 Å². The van der Waals surface area contributed by atoms with E-state index in [1.807, 2.05) is 12.1 Å². The van der Waals surface area contributed by atoms with Crippen LogP contribution in [-0.2, 0) is 6.42 Å². The van der Waals surface area contributed by atoms with Gasteiger partial charge in [-0.1, -0.05) is 12.1 Å². The second kappa shape index (κ2) is 7.00. The highest BCUT2D eigenvalue weighted by Gasteiger charge is 2.30. The molecule has 132 valence electrons. The fourth-order valence-corrected chi connectivity index (χ4v) is 3.48. The Bertz CT molecular complexity index is 761. The van der Waals surface area contributed by atoms with Crippen LogP contribution < -0.4 is 9.64 Å². The quantitative estimate of drug-likeness (QED) is 0.723. The van der Waals surface area contributed by atoms with E-state index in [1.54, 1.807) is 18.1 Å². The summed E-state index contributed by atoms with van der Waals surface area (Å²) in [5.74, 6) is 0.379. The Morgan fingerprint density at radius 1 is 1.16 bits per heavy atom. The van der Waals surface area contributed by atoms with Crippen molar-refractivity contribution in [3.63, 3.8) is 0 Å². The zero-order valence-corrected chi connectivity index (χ0v) is 14.3. The molecule has 0 atom stereocenters. The van der Waals surface area contributed by atoms with Gasteiger partial charge in [0.25, 0.3) is 5.91 Å². The molecule has 0 fully saturated rings. The topological polar surface area (TPSA) is 29.5 Å². The van der Waals surface area contributed by atoms with Crippen LogP contribution in [0.2, 0.25) is 0 Å². The number of hydrogen-bond acceptors (Lipinski definition) is 3. The van der Waals surface area contributed by atoms with Gasteiger partial charge in [-0.3, -0.25) is 4.79 Å². The molecule has 3 rings (SSSR count). The molecule has 0 spiro atoms. The zero-order valence-electron chi connectivity index (χ0n) is 13.5. The number of thioether (sulfide) groups is 1. The molecule has 1 amide bonds. The van der Waals surface area contributed by atoms with Crippen LogP contribution in [0, 0.1) is 0 Å². The number of carbonyl (C=O) groups is 1. The average molecular weight is 367 g/mol. The van der Waals surface area contributed by atoms with E-state index in [0.29, 0.717) is 17.9 Å². The largest absolute Gasteiger partial charge is 0.495 e. The molecule has 0 saturated carbocycles. The minimum atomic E-state index is -4.34. The number of anilines is 1. The van der Waals surface area contributed by atoms with Crippen molar-refractivity contribution in [3.05, 3.63) is 53.6 Å². The van der Waals surface area contributed by atoms with Crippen molar-refractivity contribution < 1.29 is 22.7 Å². The van der Waals surface area contributed by atoms with Crippen LogP contribution in [0.5, 0.6) is 5.75 Å². The number of aryl methyl sites for hydroxylation is 1. The first-order valence-corrected chi connectivity index (χ1v) is 8.54. The lowest BCUT2D eigenvalue weighted by Gasteiger charge is -2.31. The number of hydrogen-bond donors (Lipinski definition) is 0. The Labute approximate surface area is 147 Å². The standard InChI is InChI=1S/C18H16F3NO2S/c1-24-15-6-2-4-12-5-3-11-22(16(12)15)17(23)13-7-9-14(10-8-13)25-18(19,20)21/h2,4,6-10H,3,5,11H2,1H3. The van der Waals surface area contributed by atoms with Gasteiger partial charge in [0.05, 0.1) is 12.8 Å². The number of ether oxygens (including phenoxy) is 1. The van der Waals surface area contributed by atoms with E-state index >= 15 is 0 Å². The van der Waals surface area contributed by atoms with Gasteiger partial charge < -0.3 is 9.64 Å². The summed E-state index contributed by atoms with van der Waals surface area (Å²) in [6.07, 6.45) is 1.69. The lowest BCUT2D eigenvalue weighted by atomic mass is 10.00. The lowest BCUT2D eigenvalue weighted by molar-refractivity contribution is -0.0328. The summed E-state index contributed by atoms with van der Waals surface area (Å²) in [4.78, 5) is 14.6. The van der Waals surface area contributed by atoms with Gasteiger partial charge in [-0.25, -0.2) is 0 Å². The van der Waals surface area contributed by atoms with Gasteiger partial charge in [-0.05, 0) is 60.5 Å². The van der Waals surface area contributed by atoms with E-state index in [0.717, 1.165) is 24.1 Å². The van der Waals surface area contributed by atoms with Crippen molar-refractivity contribution in [2.75, 3.05) is 18.6 Å². The van der Waals surface area contributed by atoms with E-state index in [4.69, 9.17) is 4.74 Å². The number of para-hydroxylation sites is 1. The number of halogens is 3. The van der Waals surface area contributed by atoms with Crippen LogP contribution in [0.15, 0.2) is 47.4 Å². The van der Waals surface area contributed by atoms with Gasteiger partial charge >= 0.3 is 5.51 Å². The Balaban J connectivity index is 1.88. The minimum absolute atomic E-state index is 0.0562. The van der Waals surface area contributed by atoms with Crippen LogP contribution in [0.25, 0.3) is 0 Å². The first-order valence-electron chi connectivity index (χ1n) is 7.72. The monoisotopic (exact) mass is 367 g/mol. The minimum Gasteiger partial charge on any atom is -0.495 e. The summed E-state index contributed by atoms with van der Waals surface area (Å²) >= 11 is -0.194. The summed E-state index contributed by atoms with van der Waals surface area (Å²) in [5, 5.41) is 0. The number of methoxy groups -OCH3 is 1. The van der Waals surface area contributed by atoms with Crippen molar-refractivity contribution in [1.82, 2.24) is 0 Å². The maximum absolute atomic E-state index is 12.9. The van der Waals surface area contributed by atoms with Gasteiger partial charge in [-0.15, -0.1) is 0 Å². The zero-order chi connectivity index (χ0) is 18.0.